The third kappa shape index (κ3) is 5.79. The van der Waals surface area contributed by atoms with Gasteiger partial charge in [-0.1, -0.05) is 30.3 Å². The zero-order valence-electron chi connectivity index (χ0n) is 13.5. The number of rotatable bonds is 5. The normalized spacial score (nSPS) is 17.1. The topological polar surface area (TPSA) is 55.8 Å². The average Bonchev–Trinajstić information content (AvgIpc) is 2.55. The SMILES string of the molecule is CN(CC(=O)OC1CCC(F)(F)CC1)C(=O)OCc1ccccc1. The molecular weight excluding hydrogens is 320 g/mol. The molecule has 5 nitrogen and oxygen atoms in total. The summed E-state index contributed by atoms with van der Waals surface area (Å²) in [6.07, 6.45) is -1.43. The summed E-state index contributed by atoms with van der Waals surface area (Å²) in [6.45, 7) is -0.169. The van der Waals surface area contributed by atoms with Crippen LogP contribution in [0.1, 0.15) is 31.2 Å². The second kappa shape index (κ2) is 8.08. The Kier molecular flexibility index (Phi) is 6.11. The summed E-state index contributed by atoms with van der Waals surface area (Å²) in [7, 11) is 1.42. The molecule has 0 spiro atoms. The Balaban J connectivity index is 1.70. The van der Waals surface area contributed by atoms with Crippen LogP contribution in [0.2, 0.25) is 0 Å². The number of halogens is 2. The molecule has 132 valence electrons. The highest BCUT2D eigenvalue weighted by molar-refractivity contribution is 5.77. The Morgan fingerprint density at radius 2 is 1.83 bits per heavy atom. The molecule has 0 saturated heterocycles. The Morgan fingerprint density at radius 1 is 1.21 bits per heavy atom. The van der Waals surface area contributed by atoms with Crippen molar-refractivity contribution in [1.29, 1.82) is 0 Å². The van der Waals surface area contributed by atoms with Gasteiger partial charge in [0.15, 0.2) is 0 Å². The fraction of sp³-hybridized carbons (Fsp3) is 0.529. The van der Waals surface area contributed by atoms with Gasteiger partial charge in [-0.2, -0.15) is 0 Å². The number of hydrogen-bond donors (Lipinski definition) is 0. The second-order valence-corrected chi connectivity index (χ2v) is 5.94. The van der Waals surface area contributed by atoms with E-state index in [1.807, 2.05) is 30.3 Å². The van der Waals surface area contributed by atoms with E-state index in [0.29, 0.717) is 0 Å². The van der Waals surface area contributed by atoms with Gasteiger partial charge in [0.2, 0.25) is 5.92 Å². The van der Waals surface area contributed by atoms with E-state index in [4.69, 9.17) is 9.47 Å². The van der Waals surface area contributed by atoms with Gasteiger partial charge in [0.05, 0.1) is 0 Å². The van der Waals surface area contributed by atoms with Gasteiger partial charge in [0.1, 0.15) is 19.3 Å². The summed E-state index contributed by atoms with van der Waals surface area (Å²) in [5.74, 6) is -3.29. The average molecular weight is 341 g/mol. The van der Waals surface area contributed by atoms with Crippen molar-refractivity contribution in [3.8, 4) is 0 Å². The largest absolute Gasteiger partial charge is 0.461 e. The van der Waals surface area contributed by atoms with E-state index in [1.54, 1.807) is 0 Å². The molecule has 1 aliphatic rings. The number of amides is 1. The highest BCUT2D eigenvalue weighted by Crippen LogP contribution is 2.34. The molecule has 2 rings (SSSR count). The summed E-state index contributed by atoms with van der Waals surface area (Å²) < 4.78 is 36.3. The van der Waals surface area contributed by atoms with E-state index in [-0.39, 0.29) is 38.8 Å². The van der Waals surface area contributed by atoms with Crippen molar-refractivity contribution in [3.05, 3.63) is 35.9 Å². The van der Waals surface area contributed by atoms with Crippen molar-refractivity contribution in [2.45, 2.75) is 44.3 Å². The van der Waals surface area contributed by atoms with E-state index in [0.717, 1.165) is 10.5 Å². The number of likely N-dealkylation sites (N-methyl/N-ethyl adjacent to an activating group) is 1. The number of carbonyl (C=O) groups is 2. The van der Waals surface area contributed by atoms with E-state index in [2.05, 4.69) is 0 Å². The third-order valence-corrected chi connectivity index (χ3v) is 3.85. The molecule has 0 atom stereocenters. The predicted molar refractivity (Wildman–Crippen MR) is 82.6 cm³/mol. The lowest BCUT2D eigenvalue weighted by molar-refractivity contribution is -0.155. The van der Waals surface area contributed by atoms with Crippen LogP contribution >= 0.6 is 0 Å². The van der Waals surface area contributed by atoms with Gasteiger partial charge in [-0.3, -0.25) is 4.79 Å². The highest BCUT2D eigenvalue weighted by atomic mass is 19.3. The van der Waals surface area contributed by atoms with Gasteiger partial charge in [0, 0.05) is 19.9 Å². The Morgan fingerprint density at radius 3 is 2.46 bits per heavy atom. The smallest absolute Gasteiger partial charge is 0.410 e. The summed E-state index contributed by atoms with van der Waals surface area (Å²) in [5, 5.41) is 0. The maximum atomic E-state index is 13.0. The molecule has 1 saturated carbocycles. The quantitative estimate of drug-likeness (QED) is 0.771. The third-order valence-electron chi connectivity index (χ3n) is 3.85. The molecule has 7 heteroatoms. The zero-order chi connectivity index (χ0) is 17.6. The van der Waals surface area contributed by atoms with Crippen LogP contribution < -0.4 is 0 Å². The molecule has 0 bridgehead atoms. The van der Waals surface area contributed by atoms with E-state index >= 15 is 0 Å². The first-order chi connectivity index (χ1) is 11.4. The van der Waals surface area contributed by atoms with Crippen molar-refractivity contribution in [2.24, 2.45) is 0 Å². The molecule has 0 aromatic heterocycles. The number of esters is 1. The van der Waals surface area contributed by atoms with Crippen molar-refractivity contribution >= 4 is 12.1 Å². The Labute approximate surface area is 139 Å². The zero-order valence-corrected chi connectivity index (χ0v) is 13.5. The molecule has 1 aromatic carbocycles. The molecule has 0 unspecified atom stereocenters. The molecule has 1 amide bonds. The summed E-state index contributed by atoms with van der Waals surface area (Å²) in [5.41, 5.74) is 0.838. The van der Waals surface area contributed by atoms with Crippen LogP contribution in [-0.2, 0) is 20.9 Å². The van der Waals surface area contributed by atoms with Crippen molar-refractivity contribution in [3.63, 3.8) is 0 Å². The fourth-order valence-corrected chi connectivity index (χ4v) is 2.44. The monoisotopic (exact) mass is 341 g/mol. The lowest BCUT2D eigenvalue weighted by Gasteiger charge is -2.28. The van der Waals surface area contributed by atoms with Crippen LogP contribution in [0.4, 0.5) is 13.6 Å². The van der Waals surface area contributed by atoms with Crippen LogP contribution in [0.3, 0.4) is 0 Å². The molecule has 0 N–H and O–H groups in total. The minimum Gasteiger partial charge on any atom is -0.461 e. The molecule has 1 fully saturated rings. The van der Waals surface area contributed by atoms with Crippen LogP contribution in [0, 0.1) is 0 Å². The molecule has 0 heterocycles. The summed E-state index contributed by atoms with van der Waals surface area (Å²) in [4.78, 5) is 24.7. The predicted octanol–water partition coefficient (Wildman–Crippen LogP) is 3.38. The van der Waals surface area contributed by atoms with Crippen LogP contribution in [0.5, 0.6) is 0 Å². The first kappa shape index (κ1) is 18.2. The van der Waals surface area contributed by atoms with Crippen molar-refractivity contribution in [1.82, 2.24) is 4.90 Å². The lowest BCUT2D eigenvalue weighted by Crippen LogP contribution is -2.36. The molecule has 1 aliphatic carbocycles. The van der Waals surface area contributed by atoms with Crippen molar-refractivity contribution in [2.75, 3.05) is 13.6 Å². The molecular formula is C17H21F2NO4. The maximum absolute atomic E-state index is 13.0. The summed E-state index contributed by atoms with van der Waals surface area (Å²) >= 11 is 0. The van der Waals surface area contributed by atoms with E-state index in [9.17, 15) is 18.4 Å². The molecule has 1 aromatic rings. The van der Waals surface area contributed by atoms with E-state index < -0.39 is 24.1 Å². The van der Waals surface area contributed by atoms with Crippen LogP contribution in [-0.4, -0.2) is 42.6 Å². The van der Waals surface area contributed by atoms with Gasteiger partial charge in [-0.15, -0.1) is 0 Å². The number of benzene rings is 1. The number of carbonyl (C=O) groups excluding carboxylic acids is 2. The fourth-order valence-electron chi connectivity index (χ4n) is 2.44. The van der Waals surface area contributed by atoms with Gasteiger partial charge in [0.25, 0.3) is 0 Å². The Bertz CT molecular complexity index is 555. The highest BCUT2D eigenvalue weighted by Gasteiger charge is 2.36. The summed E-state index contributed by atoms with van der Waals surface area (Å²) in [6, 6.07) is 9.16. The second-order valence-electron chi connectivity index (χ2n) is 5.94. The van der Waals surface area contributed by atoms with Crippen molar-refractivity contribution < 1.29 is 27.8 Å². The standard InChI is InChI=1S/C17H21F2NO4/c1-20(16(22)23-12-13-5-3-2-4-6-13)11-15(21)24-14-7-9-17(18,19)10-8-14/h2-6,14H,7-12H2,1H3. The number of ether oxygens (including phenoxy) is 2. The van der Waals surface area contributed by atoms with Gasteiger partial charge < -0.3 is 14.4 Å². The number of nitrogens with zero attached hydrogens (tertiary/aromatic N) is 1. The lowest BCUT2D eigenvalue weighted by atomic mass is 9.94. The van der Waals surface area contributed by atoms with Gasteiger partial charge >= 0.3 is 12.1 Å². The number of hydrogen-bond acceptors (Lipinski definition) is 4. The number of alkyl halides is 2. The molecule has 0 aliphatic heterocycles. The van der Waals surface area contributed by atoms with Crippen LogP contribution in [0.25, 0.3) is 0 Å². The molecule has 0 radical (unpaired) electrons. The minimum atomic E-state index is -2.67. The Hall–Kier alpha value is -2.18. The first-order valence-corrected chi connectivity index (χ1v) is 7.85. The minimum absolute atomic E-state index is 0.108. The van der Waals surface area contributed by atoms with Gasteiger partial charge in [-0.05, 0) is 18.4 Å². The van der Waals surface area contributed by atoms with Crippen LogP contribution in [0.15, 0.2) is 30.3 Å². The van der Waals surface area contributed by atoms with Gasteiger partial charge in [-0.25, -0.2) is 13.6 Å². The maximum Gasteiger partial charge on any atom is 0.410 e. The first-order valence-electron chi connectivity index (χ1n) is 7.85. The molecule has 24 heavy (non-hydrogen) atoms. The van der Waals surface area contributed by atoms with E-state index in [1.165, 1.54) is 7.05 Å².